The summed E-state index contributed by atoms with van der Waals surface area (Å²) in [4.78, 5) is 36.4. The van der Waals surface area contributed by atoms with Gasteiger partial charge in [-0.25, -0.2) is 4.79 Å². The number of carbonyl (C=O) groups excluding carboxylic acids is 3. The first kappa shape index (κ1) is 22.3. The zero-order valence-electron chi connectivity index (χ0n) is 16.1. The number of alkyl halides is 3. The summed E-state index contributed by atoms with van der Waals surface area (Å²) in [5, 5.41) is 2.61. The van der Waals surface area contributed by atoms with Gasteiger partial charge in [0, 0.05) is 17.4 Å². The number of hydrogen-bond donors (Lipinski definition) is 1. The topological polar surface area (TPSA) is 85.6 Å². The standard InChI is InChI=1S/C21H16F3NO5S/c1-12(26)25-10-15-5-8-19(31-15)16(27)11-29-20(28)18-7-6-17(30-18)13-3-2-4-14(9-13)21(22,23)24/h2-9H,10-11H2,1H3,(H,25,26). The predicted molar refractivity (Wildman–Crippen MR) is 106 cm³/mol. The second kappa shape index (κ2) is 9.17. The van der Waals surface area contributed by atoms with Crippen LogP contribution in [0.5, 0.6) is 0 Å². The Morgan fingerprint density at radius 3 is 2.58 bits per heavy atom. The molecular weight excluding hydrogens is 435 g/mol. The van der Waals surface area contributed by atoms with Crippen LogP contribution >= 0.6 is 11.3 Å². The molecule has 0 atom stereocenters. The summed E-state index contributed by atoms with van der Waals surface area (Å²) in [6.45, 7) is 1.14. The van der Waals surface area contributed by atoms with Crippen molar-refractivity contribution in [3.63, 3.8) is 0 Å². The van der Waals surface area contributed by atoms with Crippen LogP contribution in [0.1, 0.15) is 37.6 Å². The van der Waals surface area contributed by atoms with Crippen molar-refractivity contribution in [3.05, 3.63) is 69.6 Å². The van der Waals surface area contributed by atoms with E-state index in [-0.39, 0.29) is 29.5 Å². The Hall–Kier alpha value is -3.40. The number of Topliss-reactive ketones (excluding diaryl/α,β-unsaturated/α-hetero) is 1. The Bertz CT molecular complexity index is 1120. The summed E-state index contributed by atoms with van der Waals surface area (Å²) < 4.78 is 48.8. The molecule has 0 aliphatic heterocycles. The van der Waals surface area contributed by atoms with E-state index < -0.39 is 30.1 Å². The average molecular weight is 451 g/mol. The van der Waals surface area contributed by atoms with Crippen LogP contribution in [0.2, 0.25) is 0 Å². The average Bonchev–Trinajstić information content (AvgIpc) is 3.39. The maximum absolute atomic E-state index is 12.9. The van der Waals surface area contributed by atoms with Crippen molar-refractivity contribution in [2.75, 3.05) is 6.61 Å². The van der Waals surface area contributed by atoms with Gasteiger partial charge in [0.05, 0.1) is 17.0 Å². The lowest BCUT2D eigenvalue weighted by Crippen LogP contribution is -2.18. The number of amides is 1. The monoisotopic (exact) mass is 451 g/mol. The maximum atomic E-state index is 12.9. The lowest BCUT2D eigenvalue weighted by molar-refractivity contribution is -0.137. The highest BCUT2D eigenvalue weighted by atomic mass is 32.1. The third-order valence-electron chi connectivity index (χ3n) is 4.06. The molecule has 3 rings (SSSR count). The van der Waals surface area contributed by atoms with E-state index in [0.717, 1.165) is 28.3 Å². The molecule has 3 aromatic rings. The van der Waals surface area contributed by atoms with Gasteiger partial charge in [-0.2, -0.15) is 13.2 Å². The molecule has 0 radical (unpaired) electrons. The lowest BCUT2D eigenvalue weighted by atomic mass is 10.1. The molecule has 31 heavy (non-hydrogen) atoms. The number of thiophene rings is 1. The number of carbonyl (C=O) groups is 3. The number of esters is 1. The SMILES string of the molecule is CC(=O)NCc1ccc(C(=O)COC(=O)c2ccc(-c3cccc(C(F)(F)F)c3)o2)s1. The number of rotatable bonds is 7. The summed E-state index contributed by atoms with van der Waals surface area (Å²) in [6.07, 6.45) is -4.51. The Morgan fingerprint density at radius 2 is 1.87 bits per heavy atom. The largest absolute Gasteiger partial charge is 0.451 e. The van der Waals surface area contributed by atoms with Gasteiger partial charge in [-0.1, -0.05) is 12.1 Å². The fraction of sp³-hybridized carbons (Fsp3) is 0.190. The summed E-state index contributed by atoms with van der Waals surface area (Å²) in [5.41, 5.74) is -0.694. The summed E-state index contributed by atoms with van der Waals surface area (Å²) >= 11 is 1.16. The van der Waals surface area contributed by atoms with Gasteiger partial charge < -0.3 is 14.5 Å². The van der Waals surface area contributed by atoms with Crippen LogP contribution < -0.4 is 5.32 Å². The molecule has 0 saturated heterocycles. The van der Waals surface area contributed by atoms with Gasteiger partial charge in [-0.3, -0.25) is 9.59 Å². The quantitative estimate of drug-likeness (QED) is 0.416. The number of nitrogens with one attached hydrogen (secondary N) is 1. The van der Waals surface area contributed by atoms with Crippen molar-refractivity contribution in [1.29, 1.82) is 0 Å². The molecule has 6 nitrogen and oxygen atoms in total. The Morgan fingerprint density at radius 1 is 1.10 bits per heavy atom. The van der Waals surface area contributed by atoms with Gasteiger partial charge in [0.2, 0.25) is 17.5 Å². The lowest BCUT2D eigenvalue weighted by Gasteiger charge is -2.07. The third kappa shape index (κ3) is 5.82. The van der Waals surface area contributed by atoms with E-state index >= 15 is 0 Å². The van der Waals surface area contributed by atoms with Gasteiger partial charge in [0.25, 0.3) is 0 Å². The molecule has 10 heteroatoms. The predicted octanol–water partition coefficient (Wildman–Crippen LogP) is 4.70. The van der Waals surface area contributed by atoms with Crippen LogP contribution in [0.15, 0.2) is 52.9 Å². The second-order valence-electron chi connectivity index (χ2n) is 6.42. The minimum absolute atomic E-state index is 0.0604. The molecular formula is C21H16F3NO5S. The minimum Gasteiger partial charge on any atom is -0.451 e. The van der Waals surface area contributed by atoms with Crippen molar-refractivity contribution in [3.8, 4) is 11.3 Å². The molecule has 1 amide bonds. The van der Waals surface area contributed by atoms with E-state index in [9.17, 15) is 27.6 Å². The number of halogens is 3. The van der Waals surface area contributed by atoms with Crippen LogP contribution in [0.3, 0.4) is 0 Å². The normalized spacial score (nSPS) is 11.2. The van der Waals surface area contributed by atoms with Crippen LogP contribution in [-0.2, 0) is 22.3 Å². The molecule has 0 aliphatic carbocycles. The third-order valence-corrected chi connectivity index (χ3v) is 5.19. The highest BCUT2D eigenvalue weighted by Crippen LogP contribution is 2.32. The molecule has 0 aliphatic rings. The highest BCUT2D eigenvalue weighted by molar-refractivity contribution is 7.14. The number of ketones is 1. The zero-order valence-corrected chi connectivity index (χ0v) is 16.9. The van der Waals surface area contributed by atoms with Crippen LogP contribution in [0.4, 0.5) is 13.2 Å². The first-order chi connectivity index (χ1) is 14.6. The van der Waals surface area contributed by atoms with Crippen LogP contribution in [0, 0.1) is 0 Å². The van der Waals surface area contributed by atoms with Crippen LogP contribution in [0.25, 0.3) is 11.3 Å². The summed E-state index contributed by atoms with van der Waals surface area (Å²) in [5.74, 6) is -1.72. The van der Waals surface area contributed by atoms with Crippen molar-refractivity contribution in [2.45, 2.75) is 19.6 Å². The molecule has 0 saturated carbocycles. The number of hydrogen-bond acceptors (Lipinski definition) is 6. The molecule has 0 fully saturated rings. The van der Waals surface area contributed by atoms with E-state index in [4.69, 9.17) is 9.15 Å². The van der Waals surface area contributed by atoms with Gasteiger partial charge in [0.1, 0.15) is 5.76 Å². The molecule has 1 aromatic carbocycles. The number of ether oxygens (including phenoxy) is 1. The Balaban J connectivity index is 1.60. The van der Waals surface area contributed by atoms with E-state index in [0.29, 0.717) is 4.88 Å². The van der Waals surface area contributed by atoms with E-state index in [1.54, 1.807) is 12.1 Å². The summed E-state index contributed by atoms with van der Waals surface area (Å²) in [7, 11) is 0. The molecule has 162 valence electrons. The molecule has 1 N–H and O–H groups in total. The molecule has 0 spiro atoms. The van der Waals surface area contributed by atoms with Crippen molar-refractivity contribution < 1.29 is 36.7 Å². The van der Waals surface area contributed by atoms with Crippen molar-refractivity contribution in [1.82, 2.24) is 5.32 Å². The van der Waals surface area contributed by atoms with E-state index in [2.05, 4.69) is 5.32 Å². The first-order valence-electron chi connectivity index (χ1n) is 8.94. The fourth-order valence-corrected chi connectivity index (χ4v) is 3.43. The molecule has 0 bridgehead atoms. The van der Waals surface area contributed by atoms with E-state index in [1.165, 1.54) is 31.2 Å². The van der Waals surface area contributed by atoms with Crippen molar-refractivity contribution >= 4 is 29.0 Å². The number of benzene rings is 1. The maximum Gasteiger partial charge on any atom is 0.416 e. The Kier molecular flexibility index (Phi) is 6.59. The zero-order chi connectivity index (χ0) is 22.6. The molecule has 2 heterocycles. The van der Waals surface area contributed by atoms with Crippen LogP contribution in [-0.4, -0.2) is 24.3 Å². The smallest absolute Gasteiger partial charge is 0.416 e. The van der Waals surface area contributed by atoms with Gasteiger partial charge in [-0.15, -0.1) is 11.3 Å². The number of furan rings is 1. The summed E-state index contributed by atoms with van der Waals surface area (Å²) in [6, 6.07) is 10.4. The molecule has 0 unspecified atom stereocenters. The van der Waals surface area contributed by atoms with Gasteiger partial charge >= 0.3 is 12.1 Å². The van der Waals surface area contributed by atoms with Crippen molar-refractivity contribution in [2.24, 2.45) is 0 Å². The highest BCUT2D eigenvalue weighted by Gasteiger charge is 2.30. The van der Waals surface area contributed by atoms with Gasteiger partial charge in [-0.05, 0) is 36.4 Å². The fourth-order valence-electron chi connectivity index (χ4n) is 2.56. The Labute approximate surface area is 178 Å². The molecule has 2 aromatic heterocycles. The second-order valence-corrected chi connectivity index (χ2v) is 7.59. The first-order valence-corrected chi connectivity index (χ1v) is 9.76. The van der Waals surface area contributed by atoms with Gasteiger partial charge in [0.15, 0.2) is 6.61 Å². The minimum atomic E-state index is -4.51. The van der Waals surface area contributed by atoms with E-state index in [1.807, 2.05) is 0 Å².